The molecule has 0 bridgehead atoms. The highest BCUT2D eigenvalue weighted by Gasteiger charge is 2.29. The molecule has 20 heavy (non-hydrogen) atoms. The number of rotatable bonds is 1. The number of aromatic nitrogens is 1. The van der Waals surface area contributed by atoms with Crippen LogP contribution in [0.4, 0.5) is 10.5 Å². The van der Waals surface area contributed by atoms with Crippen LogP contribution in [0.25, 0.3) is 0 Å². The average molecular weight is 344 g/mol. The van der Waals surface area contributed by atoms with Crippen LogP contribution < -0.4 is 10.9 Å². The maximum Gasteiger partial charge on any atom is 0.322 e. The van der Waals surface area contributed by atoms with Gasteiger partial charge in [0.05, 0.1) is 18.8 Å². The lowest BCUT2D eigenvalue weighted by atomic mass is 10.1. The van der Waals surface area contributed by atoms with Gasteiger partial charge in [-0.25, -0.2) is 4.79 Å². The van der Waals surface area contributed by atoms with Crippen LogP contribution >= 0.6 is 15.9 Å². The molecule has 2 atom stereocenters. The van der Waals surface area contributed by atoms with Gasteiger partial charge in [-0.1, -0.05) is 0 Å². The minimum atomic E-state index is -0.275. The van der Waals surface area contributed by atoms with Crippen LogP contribution in [0.2, 0.25) is 0 Å². The standard InChI is InChI=1S/C13H18BrN3O3/c1-8-9(2)20-5-4-17(8)13(19)15-11-6-10(14)7-16(3)12(11)18/h6-9H,4-5H2,1-3H3,(H,15,19)/t8-,9+/m1/s1. The summed E-state index contributed by atoms with van der Waals surface area (Å²) in [5, 5.41) is 2.68. The quantitative estimate of drug-likeness (QED) is 0.845. The summed E-state index contributed by atoms with van der Waals surface area (Å²) in [6.45, 7) is 4.89. The topological polar surface area (TPSA) is 63.6 Å². The predicted molar refractivity (Wildman–Crippen MR) is 80.0 cm³/mol. The van der Waals surface area contributed by atoms with Crippen molar-refractivity contribution in [3.8, 4) is 0 Å². The Morgan fingerprint density at radius 3 is 2.90 bits per heavy atom. The Hall–Kier alpha value is -1.34. The fourth-order valence-electron chi connectivity index (χ4n) is 2.17. The summed E-state index contributed by atoms with van der Waals surface area (Å²) >= 11 is 3.31. The van der Waals surface area contributed by atoms with Crippen LogP contribution in [0.3, 0.4) is 0 Å². The molecule has 1 fully saturated rings. The summed E-state index contributed by atoms with van der Waals surface area (Å²) in [7, 11) is 1.64. The van der Waals surface area contributed by atoms with Crippen molar-refractivity contribution in [2.45, 2.75) is 26.0 Å². The molecule has 1 aromatic heterocycles. The van der Waals surface area contributed by atoms with Crippen LogP contribution in [0.1, 0.15) is 13.8 Å². The number of nitrogens with zero attached hydrogens (tertiary/aromatic N) is 2. The van der Waals surface area contributed by atoms with Gasteiger partial charge in [0.1, 0.15) is 5.69 Å². The predicted octanol–water partition coefficient (Wildman–Crippen LogP) is 1.79. The van der Waals surface area contributed by atoms with Crippen molar-refractivity contribution in [3.05, 3.63) is 27.1 Å². The first-order valence-corrected chi connectivity index (χ1v) is 7.25. The maximum atomic E-state index is 12.3. The van der Waals surface area contributed by atoms with Crippen molar-refractivity contribution >= 4 is 27.6 Å². The minimum Gasteiger partial charge on any atom is -0.375 e. The molecule has 0 radical (unpaired) electrons. The third-order valence-corrected chi connectivity index (χ3v) is 3.97. The van der Waals surface area contributed by atoms with E-state index in [1.165, 1.54) is 4.57 Å². The van der Waals surface area contributed by atoms with Gasteiger partial charge >= 0.3 is 6.03 Å². The highest BCUT2D eigenvalue weighted by molar-refractivity contribution is 9.10. The number of hydrogen-bond acceptors (Lipinski definition) is 3. The molecule has 0 spiro atoms. The lowest BCUT2D eigenvalue weighted by Gasteiger charge is -2.37. The molecular formula is C13H18BrN3O3. The maximum absolute atomic E-state index is 12.3. The molecule has 1 saturated heterocycles. The van der Waals surface area contributed by atoms with E-state index < -0.39 is 0 Å². The summed E-state index contributed by atoms with van der Waals surface area (Å²) < 4.78 is 7.64. The first-order valence-electron chi connectivity index (χ1n) is 6.45. The van der Waals surface area contributed by atoms with Gasteiger partial charge in [0, 0.05) is 24.3 Å². The van der Waals surface area contributed by atoms with Gasteiger partial charge in [-0.05, 0) is 35.8 Å². The molecule has 0 aromatic carbocycles. The number of halogens is 1. The first kappa shape index (κ1) is 15.1. The van der Waals surface area contributed by atoms with Gasteiger partial charge in [0.2, 0.25) is 0 Å². The highest BCUT2D eigenvalue weighted by Crippen LogP contribution is 2.16. The Morgan fingerprint density at radius 2 is 2.20 bits per heavy atom. The Labute approximate surface area is 125 Å². The van der Waals surface area contributed by atoms with E-state index in [1.54, 1.807) is 24.2 Å². The lowest BCUT2D eigenvalue weighted by molar-refractivity contribution is -0.0355. The normalized spacial score (nSPS) is 22.7. The summed E-state index contributed by atoms with van der Waals surface area (Å²) in [6, 6.07) is 1.30. The highest BCUT2D eigenvalue weighted by atomic mass is 79.9. The van der Waals surface area contributed by atoms with Crippen molar-refractivity contribution in [2.24, 2.45) is 7.05 Å². The van der Waals surface area contributed by atoms with Gasteiger partial charge in [0.25, 0.3) is 5.56 Å². The lowest BCUT2D eigenvalue weighted by Crippen LogP contribution is -2.52. The third-order valence-electron chi connectivity index (χ3n) is 3.54. The van der Waals surface area contributed by atoms with E-state index in [0.717, 1.165) is 4.47 Å². The van der Waals surface area contributed by atoms with Crippen LogP contribution in [0, 0.1) is 0 Å². The van der Waals surface area contributed by atoms with Gasteiger partial charge in [-0.3, -0.25) is 4.79 Å². The molecule has 110 valence electrons. The Kier molecular flexibility index (Phi) is 4.49. The number of urea groups is 1. The van der Waals surface area contributed by atoms with Gasteiger partial charge in [-0.2, -0.15) is 0 Å². The number of carbonyl (C=O) groups is 1. The molecule has 2 rings (SSSR count). The van der Waals surface area contributed by atoms with Crippen molar-refractivity contribution in [1.82, 2.24) is 9.47 Å². The summed E-state index contributed by atoms with van der Waals surface area (Å²) in [5.74, 6) is 0. The number of anilines is 1. The second-order valence-corrected chi connectivity index (χ2v) is 5.84. The van der Waals surface area contributed by atoms with Gasteiger partial charge in [0.15, 0.2) is 0 Å². The molecule has 7 heteroatoms. The smallest absolute Gasteiger partial charge is 0.322 e. The average Bonchev–Trinajstić information content (AvgIpc) is 2.38. The molecular weight excluding hydrogens is 326 g/mol. The van der Waals surface area contributed by atoms with Crippen LogP contribution in [0.5, 0.6) is 0 Å². The monoisotopic (exact) mass is 343 g/mol. The van der Waals surface area contributed by atoms with E-state index in [4.69, 9.17) is 4.74 Å². The zero-order chi connectivity index (χ0) is 14.9. The fraction of sp³-hybridized carbons (Fsp3) is 0.538. The molecule has 0 unspecified atom stereocenters. The Balaban J connectivity index is 2.18. The fourth-order valence-corrected chi connectivity index (χ4v) is 2.70. The van der Waals surface area contributed by atoms with Gasteiger partial charge in [-0.15, -0.1) is 0 Å². The number of morpholine rings is 1. The molecule has 1 aliphatic rings. The van der Waals surface area contributed by atoms with Crippen LogP contribution in [0.15, 0.2) is 21.5 Å². The Morgan fingerprint density at radius 1 is 1.50 bits per heavy atom. The summed E-state index contributed by atoms with van der Waals surface area (Å²) in [4.78, 5) is 26.0. The number of pyridine rings is 1. The minimum absolute atomic E-state index is 0.0140. The zero-order valence-electron chi connectivity index (χ0n) is 11.7. The molecule has 1 N–H and O–H groups in total. The molecule has 2 heterocycles. The van der Waals surface area contributed by atoms with E-state index >= 15 is 0 Å². The first-order chi connectivity index (χ1) is 9.40. The van der Waals surface area contributed by atoms with E-state index in [2.05, 4.69) is 21.2 Å². The van der Waals surface area contributed by atoms with Crippen molar-refractivity contribution < 1.29 is 9.53 Å². The number of carbonyl (C=O) groups excluding carboxylic acids is 1. The molecule has 2 amide bonds. The molecule has 6 nitrogen and oxygen atoms in total. The zero-order valence-corrected chi connectivity index (χ0v) is 13.3. The molecule has 0 saturated carbocycles. The molecule has 0 aliphatic carbocycles. The summed E-state index contributed by atoms with van der Waals surface area (Å²) in [5.41, 5.74) is 0.0220. The van der Waals surface area contributed by atoms with Crippen LogP contribution in [-0.2, 0) is 11.8 Å². The molecule has 1 aromatic rings. The van der Waals surface area contributed by atoms with Crippen LogP contribution in [-0.4, -0.2) is 40.8 Å². The largest absolute Gasteiger partial charge is 0.375 e. The van der Waals surface area contributed by atoms with Gasteiger partial charge < -0.3 is 19.5 Å². The van der Waals surface area contributed by atoms with E-state index in [1.807, 2.05) is 13.8 Å². The molecule has 1 aliphatic heterocycles. The van der Waals surface area contributed by atoms with E-state index in [9.17, 15) is 9.59 Å². The number of hydrogen-bond donors (Lipinski definition) is 1. The number of amides is 2. The number of ether oxygens (including phenoxy) is 1. The van der Waals surface area contributed by atoms with Crippen molar-refractivity contribution in [1.29, 1.82) is 0 Å². The second kappa shape index (κ2) is 5.97. The number of nitrogens with one attached hydrogen (secondary N) is 1. The Bertz CT molecular complexity index is 572. The summed E-state index contributed by atoms with van der Waals surface area (Å²) in [6.07, 6.45) is 1.64. The third kappa shape index (κ3) is 3.04. The van der Waals surface area contributed by atoms with Crippen molar-refractivity contribution in [3.63, 3.8) is 0 Å². The van der Waals surface area contributed by atoms with Crippen molar-refractivity contribution in [2.75, 3.05) is 18.5 Å². The van der Waals surface area contributed by atoms with E-state index in [0.29, 0.717) is 13.2 Å². The van der Waals surface area contributed by atoms with E-state index in [-0.39, 0.29) is 29.4 Å². The second-order valence-electron chi connectivity index (χ2n) is 4.93. The number of aryl methyl sites for hydroxylation is 1. The SMILES string of the molecule is C[C@@H]1OCCN(C(=O)Nc2cc(Br)cn(C)c2=O)[C@@H]1C.